The smallest absolute Gasteiger partial charge is 0.0857 e. The summed E-state index contributed by atoms with van der Waals surface area (Å²) in [5.41, 5.74) is 4.21. The normalized spacial score (nSPS) is 11.1. The van der Waals surface area contributed by atoms with E-state index < -0.39 is 0 Å². The molecule has 2 rings (SSSR count). The van der Waals surface area contributed by atoms with Gasteiger partial charge in [0.2, 0.25) is 0 Å². The van der Waals surface area contributed by atoms with Gasteiger partial charge in [0.15, 0.2) is 0 Å². The van der Waals surface area contributed by atoms with E-state index in [-0.39, 0.29) is 0 Å². The van der Waals surface area contributed by atoms with Crippen LogP contribution in [0.4, 0.5) is 11.4 Å². The molecule has 0 aliphatic heterocycles. The minimum absolute atomic E-state index is 0.865. The highest BCUT2D eigenvalue weighted by Gasteiger charge is 1.94. The average molecular weight is 268 g/mol. The van der Waals surface area contributed by atoms with E-state index in [9.17, 15) is 0 Å². The first-order valence-corrected chi connectivity index (χ1v) is 6.70. The quantitative estimate of drug-likeness (QED) is 0.787. The zero-order valence-corrected chi connectivity index (χ0v) is 11.9. The molecule has 0 aromatic heterocycles. The Morgan fingerprint density at radius 3 is 1.30 bits per heavy atom. The van der Waals surface area contributed by atoms with Gasteiger partial charge < -0.3 is 10.6 Å². The van der Waals surface area contributed by atoms with E-state index in [2.05, 4.69) is 45.1 Å². The first-order valence-electron chi connectivity index (χ1n) is 6.70. The van der Waals surface area contributed by atoms with Gasteiger partial charge >= 0.3 is 0 Å². The second kappa shape index (κ2) is 7.53. The first-order chi connectivity index (χ1) is 9.81. The molecule has 2 aromatic rings. The topological polar surface area (TPSA) is 48.8 Å². The Morgan fingerprint density at radius 1 is 0.650 bits per heavy atom. The highest BCUT2D eigenvalue weighted by atomic mass is 15.1. The molecule has 0 spiro atoms. The molecule has 0 saturated carbocycles. The summed E-state index contributed by atoms with van der Waals surface area (Å²) in [5, 5.41) is 14.7. The summed E-state index contributed by atoms with van der Waals surface area (Å²) in [6.45, 7) is 1.73. The van der Waals surface area contributed by atoms with Crippen LogP contribution in [0.2, 0.25) is 0 Å². The van der Waals surface area contributed by atoms with Crippen molar-refractivity contribution in [1.82, 2.24) is 10.6 Å². The second-order valence-electron chi connectivity index (χ2n) is 4.59. The summed E-state index contributed by atoms with van der Waals surface area (Å²) >= 11 is 0. The van der Waals surface area contributed by atoms with Gasteiger partial charge in [0.05, 0.1) is 11.4 Å². The van der Waals surface area contributed by atoms with E-state index in [4.69, 9.17) is 0 Å². The van der Waals surface area contributed by atoms with Crippen molar-refractivity contribution in [3.8, 4) is 0 Å². The van der Waals surface area contributed by atoms with Gasteiger partial charge in [-0.05, 0) is 49.5 Å². The zero-order valence-electron chi connectivity index (χ0n) is 11.9. The third-order valence-corrected chi connectivity index (χ3v) is 2.92. The second-order valence-corrected chi connectivity index (χ2v) is 4.59. The van der Waals surface area contributed by atoms with Crippen molar-refractivity contribution in [3.05, 3.63) is 59.7 Å². The van der Waals surface area contributed by atoms with Gasteiger partial charge in [-0.2, -0.15) is 10.2 Å². The van der Waals surface area contributed by atoms with Crippen molar-refractivity contribution < 1.29 is 0 Å². The summed E-state index contributed by atoms with van der Waals surface area (Å²) in [4.78, 5) is 0. The molecule has 20 heavy (non-hydrogen) atoms. The van der Waals surface area contributed by atoms with Crippen molar-refractivity contribution in [1.29, 1.82) is 0 Å². The zero-order chi connectivity index (χ0) is 14.2. The Bertz CT molecular complexity index is 492. The molecule has 4 nitrogen and oxygen atoms in total. The SMILES string of the molecule is CNCc1ccc(N=Nc2ccc(CNC)cc2)cc1. The molecule has 0 unspecified atom stereocenters. The minimum atomic E-state index is 0.865. The molecule has 0 fully saturated rings. The largest absolute Gasteiger partial charge is 0.316 e. The van der Waals surface area contributed by atoms with E-state index >= 15 is 0 Å². The van der Waals surface area contributed by atoms with Crippen LogP contribution < -0.4 is 10.6 Å². The first kappa shape index (κ1) is 14.4. The summed E-state index contributed by atoms with van der Waals surface area (Å²) in [5.74, 6) is 0. The third-order valence-electron chi connectivity index (χ3n) is 2.92. The van der Waals surface area contributed by atoms with Gasteiger partial charge in [0.1, 0.15) is 0 Å². The van der Waals surface area contributed by atoms with E-state index in [1.54, 1.807) is 0 Å². The van der Waals surface area contributed by atoms with Crippen LogP contribution in [0.1, 0.15) is 11.1 Å². The van der Waals surface area contributed by atoms with Crippen LogP contribution in [0, 0.1) is 0 Å². The van der Waals surface area contributed by atoms with Crippen LogP contribution in [0.5, 0.6) is 0 Å². The predicted octanol–water partition coefficient (Wildman–Crippen LogP) is 3.54. The van der Waals surface area contributed by atoms with Crippen LogP contribution >= 0.6 is 0 Å². The van der Waals surface area contributed by atoms with Gasteiger partial charge in [0, 0.05) is 13.1 Å². The predicted molar refractivity (Wildman–Crippen MR) is 82.6 cm³/mol. The Morgan fingerprint density at radius 2 is 1.00 bits per heavy atom. The van der Waals surface area contributed by atoms with Crippen LogP contribution in [-0.2, 0) is 13.1 Å². The number of nitrogens with zero attached hydrogens (tertiary/aromatic N) is 2. The molecule has 0 aliphatic carbocycles. The number of benzene rings is 2. The lowest BCUT2D eigenvalue weighted by Gasteiger charge is -2.00. The maximum Gasteiger partial charge on any atom is 0.0857 e. The van der Waals surface area contributed by atoms with E-state index in [0.29, 0.717) is 0 Å². The number of hydrogen-bond acceptors (Lipinski definition) is 4. The third kappa shape index (κ3) is 4.26. The monoisotopic (exact) mass is 268 g/mol. The molecule has 0 radical (unpaired) electrons. The molecule has 4 heteroatoms. The Labute approximate surface area is 119 Å². The van der Waals surface area contributed by atoms with Crippen molar-refractivity contribution >= 4 is 11.4 Å². The lowest BCUT2D eigenvalue weighted by molar-refractivity contribution is 0.817. The molecule has 104 valence electrons. The molecule has 0 aliphatic rings. The lowest BCUT2D eigenvalue weighted by atomic mass is 10.2. The molecule has 0 heterocycles. The highest BCUT2D eigenvalue weighted by Crippen LogP contribution is 2.19. The number of hydrogen-bond donors (Lipinski definition) is 2. The summed E-state index contributed by atoms with van der Waals surface area (Å²) in [6, 6.07) is 16.1. The molecule has 0 bridgehead atoms. The van der Waals surface area contributed by atoms with E-state index in [1.807, 2.05) is 38.4 Å². The van der Waals surface area contributed by atoms with Crippen LogP contribution in [0.25, 0.3) is 0 Å². The van der Waals surface area contributed by atoms with Gasteiger partial charge in [-0.1, -0.05) is 24.3 Å². The maximum atomic E-state index is 4.24. The minimum Gasteiger partial charge on any atom is -0.316 e. The molecule has 2 aromatic carbocycles. The summed E-state index contributed by atoms with van der Waals surface area (Å²) < 4.78 is 0. The van der Waals surface area contributed by atoms with Gasteiger partial charge in [-0.3, -0.25) is 0 Å². The van der Waals surface area contributed by atoms with Crippen molar-refractivity contribution in [2.45, 2.75) is 13.1 Å². The van der Waals surface area contributed by atoms with E-state index in [1.165, 1.54) is 11.1 Å². The Hall–Kier alpha value is -2.04. The van der Waals surface area contributed by atoms with E-state index in [0.717, 1.165) is 24.5 Å². The summed E-state index contributed by atoms with van der Waals surface area (Å²) in [6.07, 6.45) is 0. The van der Waals surface area contributed by atoms with Gasteiger partial charge in [-0.15, -0.1) is 0 Å². The standard InChI is InChI=1S/C16H20N4/c1-17-11-13-3-7-15(8-4-13)19-20-16-9-5-14(6-10-16)12-18-2/h3-10,17-18H,11-12H2,1-2H3. The molecule has 0 amide bonds. The van der Waals surface area contributed by atoms with Crippen molar-refractivity contribution in [2.24, 2.45) is 10.2 Å². The lowest BCUT2D eigenvalue weighted by Crippen LogP contribution is -2.04. The fourth-order valence-electron chi connectivity index (χ4n) is 1.88. The molecule has 2 N–H and O–H groups in total. The van der Waals surface area contributed by atoms with Gasteiger partial charge in [0.25, 0.3) is 0 Å². The fraction of sp³-hybridized carbons (Fsp3) is 0.250. The number of rotatable bonds is 6. The molecular formula is C16H20N4. The number of nitrogens with one attached hydrogen (secondary N) is 2. The fourth-order valence-corrected chi connectivity index (χ4v) is 1.88. The van der Waals surface area contributed by atoms with Crippen molar-refractivity contribution in [3.63, 3.8) is 0 Å². The van der Waals surface area contributed by atoms with Gasteiger partial charge in [-0.25, -0.2) is 0 Å². The summed E-state index contributed by atoms with van der Waals surface area (Å²) in [7, 11) is 3.87. The molecule has 0 atom stereocenters. The van der Waals surface area contributed by atoms with Crippen LogP contribution in [0.3, 0.4) is 0 Å². The average Bonchev–Trinajstić information content (AvgIpc) is 2.49. The maximum absolute atomic E-state index is 4.24. The number of azo groups is 1. The Kier molecular flexibility index (Phi) is 5.41. The van der Waals surface area contributed by atoms with Crippen molar-refractivity contribution in [2.75, 3.05) is 14.1 Å². The molecular weight excluding hydrogens is 248 g/mol. The highest BCUT2D eigenvalue weighted by molar-refractivity contribution is 5.42. The van der Waals surface area contributed by atoms with Crippen LogP contribution in [-0.4, -0.2) is 14.1 Å². The Balaban J connectivity index is 2.01. The molecule has 0 saturated heterocycles. The van der Waals surface area contributed by atoms with Crippen LogP contribution in [0.15, 0.2) is 58.8 Å².